The second kappa shape index (κ2) is 6.36. The van der Waals surface area contributed by atoms with Crippen molar-refractivity contribution in [3.8, 4) is 0 Å². The van der Waals surface area contributed by atoms with E-state index in [2.05, 4.69) is 5.32 Å². The topological polar surface area (TPSA) is 49.4 Å². The molecule has 0 amide bonds. The number of benzene rings is 1. The molecule has 1 aromatic rings. The van der Waals surface area contributed by atoms with Crippen molar-refractivity contribution in [2.24, 2.45) is 5.92 Å². The van der Waals surface area contributed by atoms with Gasteiger partial charge in [0.15, 0.2) is 0 Å². The van der Waals surface area contributed by atoms with E-state index in [9.17, 15) is 8.42 Å². The molecule has 0 bridgehead atoms. The van der Waals surface area contributed by atoms with Crippen molar-refractivity contribution < 1.29 is 8.42 Å². The second-order valence-electron chi connectivity index (χ2n) is 6.41. The molecule has 0 aromatic heterocycles. The zero-order valence-corrected chi connectivity index (χ0v) is 14.2. The molecule has 1 aliphatic heterocycles. The summed E-state index contributed by atoms with van der Waals surface area (Å²) in [6.45, 7) is 9.40. The zero-order valence-electron chi connectivity index (χ0n) is 13.4. The number of fused-ring (bicyclic) bond motifs is 1. The van der Waals surface area contributed by atoms with Gasteiger partial charge in [-0.05, 0) is 50.3 Å². The minimum absolute atomic E-state index is 0.0404. The summed E-state index contributed by atoms with van der Waals surface area (Å²) in [6, 6.07) is 5.44. The van der Waals surface area contributed by atoms with Crippen molar-refractivity contribution in [1.82, 2.24) is 4.31 Å². The average molecular weight is 310 g/mol. The molecule has 1 aliphatic rings. The van der Waals surface area contributed by atoms with Crippen molar-refractivity contribution in [2.45, 2.75) is 51.5 Å². The lowest BCUT2D eigenvalue weighted by Gasteiger charge is -2.28. The molecule has 0 saturated heterocycles. The third-order valence-corrected chi connectivity index (χ3v) is 5.79. The number of rotatable bonds is 5. The molecule has 1 heterocycles. The van der Waals surface area contributed by atoms with Crippen molar-refractivity contribution >= 4 is 15.7 Å². The van der Waals surface area contributed by atoms with Crippen LogP contribution >= 0.6 is 0 Å². The molecule has 4 nitrogen and oxygen atoms in total. The van der Waals surface area contributed by atoms with E-state index in [1.165, 1.54) is 5.56 Å². The van der Waals surface area contributed by atoms with Gasteiger partial charge in [-0.3, -0.25) is 0 Å². The molecule has 1 aromatic carbocycles. The van der Waals surface area contributed by atoms with Gasteiger partial charge in [0.2, 0.25) is 10.0 Å². The number of hydrogen-bond acceptors (Lipinski definition) is 3. The number of aryl methyl sites for hydroxylation is 1. The van der Waals surface area contributed by atoms with Gasteiger partial charge in [-0.2, -0.15) is 4.31 Å². The summed E-state index contributed by atoms with van der Waals surface area (Å²) < 4.78 is 27.4. The van der Waals surface area contributed by atoms with Gasteiger partial charge < -0.3 is 5.32 Å². The van der Waals surface area contributed by atoms with E-state index in [1.807, 2.05) is 33.8 Å². The van der Waals surface area contributed by atoms with Crippen LogP contribution in [-0.2, 0) is 16.4 Å². The van der Waals surface area contributed by atoms with Gasteiger partial charge in [-0.25, -0.2) is 8.42 Å². The predicted octanol–water partition coefficient (Wildman–Crippen LogP) is 3.10. The van der Waals surface area contributed by atoms with E-state index in [4.69, 9.17) is 0 Å². The molecule has 0 spiro atoms. The lowest BCUT2D eigenvalue weighted by atomic mass is 10.0. The Kier molecular flexibility index (Phi) is 4.94. The van der Waals surface area contributed by atoms with Crippen LogP contribution in [0.3, 0.4) is 0 Å². The molecule has 0 fully saturated rings. The highest BCUT2D eigenvalue weighted by Gasteiger charge is 2.28. The summed E-state index contributed by atoms with van der Waals surface area (Å²) in [5, 5.41) is 3.30. The van der Waals surface area contributed by atoms with E-state index >= 15 is 0 Å². The fraction of sp³-hybridized carbons (Fsp3) is 0.625. The van der Waals surface area contributed by atoms with Crippen LogP contribution in [0, 0.1) is 5.92 Å². The third-order valence-electron chi connectivity index (χ3n) is 3.75. The van der Waals surface area contributed by atoms with Gasteiger partial charge in [0.25, 0.3) is 0 Å². The van der Waals surface area contributed by atoms with Crippen LogP contribution in [0.2, 0.25) is 0 Å². The molecular formula is C16H26N2O2S. The fourth-order valence-electron chi connectivity index (χ4n) is 2.68. The van der Waals surface area contributed by atoms with Crippen LogP contribution in [-0.4, -0.2) is 31.9 Å². The van der Waals surface area contributed by atoms with E-state index in [0.717, 1.165) is 25.1 Å². The van der Waals surface area contributed by atoms with Gasteiger partial charge >= 0.3 is 0 Å². The Hall–Kier alpha value is -1.07. The SMILES string of the molecule is CC(C)CN(C(C)C)S(=O)(=O)c1ccc2c(c1)NCCC2. The Balaban J connectivity index is 2.37. The summed E-state index contributed by atoms with van der Waals surface area (Å²) in [4.78, 5) is 0.394. The lowest BCUT2D eigenvalue weighted by molar-refractivity contribution is 0.319. The number of hydrogen-bond donors (Lipinski definition) is 1. The Morgan fingerprint density at radius 3 is 2.57 bits per heavy atom. The first-order valence-electron chi connectivity index (χ1n) is 7.71. The summed E-state index contributed by atoms with van der Waals surface area (Å²) in [5.41, 5.74) is 2.18. The molecule has 118 valence electrons. The molecule has 0 unspecified atom stereocenters. The Labute approximate surface area is 128 Å². The molecular weight excluding hydrogens is 284 g/mol. The second-order valence-corrected chi connectivity index (χ2v) is 8.30. The van der Waals surface area contributed by atoms with Crippen molar-refractivity contribution in [3.63, 3.8) is 0 Å². The molecule has 1 N–H and O–H groups in total. The number of nitrogens with one attached hydrogen (secondary N) is 1. The highest BCUT2D eigenvalue weighted by Crippen LogP contribution is 2.27. The number of anilines is 1. The summed E-state index contributed by atoms with van der Waals surface area (Å²) in [6.07, 6.45) is 2.12. The van der Waals surface area contributed by atoms with Gasteiger partial charge in [0.05, 0.1) is 4.90 Å². The van der Waals surface area contributed by atoms with Crippen LogP contribution in [0.1, 0.15) is 39.7 Å². The Bertz CT molecular complexity index is 594. The standard InChI is InChI=1S/C16H26N2O2S/c1-12(2)11-18(13(3)4)21(19,20)15-8-7-14-6-5-9-17-16(14)10-15/h7-8,10,12-13,17H,5-6,9,11H2,1-4H3. The van der Waals surface area contributed by atoms with Crippen LogP contribution in [0.4, 0.5) is 5.69 Å². The first-order valence-corrected chi connectivity index (χ1v) is 9.15. The predicted molar refractivity (Wildman–Crippen MR) is 87.1 cm³/mol. The molecule has 0 aliphatic carbocycles. The van der Waals surface area contributed by atoms with Gasteiger partial charge in [-0.15, -0.1) is 0 Å². The maximum Gasteiger partial charge on any atom is 0.243 e. The van der Waals surface area contributed by atoms with Crippen LogP contribution < -0.4 is 5.32 Å². The minimum Gasteiger partial charge on any atom is -0.385 e. The Morgan fingerprint density at radius 2 is 1.95 bits per heavy atom. The maximum absolute atomic E-state index is 12.9. The third kappa shape index (κ3) is 3.58. The Morgan fingerprint density at radius 1 is 1.24 bits per heavy atom. The highest BCUT2D eigenvalue weighted by molar-refractivity contribution is 7.89. The number of nitrogens with zero attached hydrogens (tertiary/aromatic N) is 1. The van der Waals surface area contributed by atoms with Gasteiger partial charge in [0.1, 0.15) is 0 Å². The molecule has 0 atom stereocenters. The maximum atomic E-state index is 12.9. The molecule has 2 rings (SSSR count). The van der Waals surface area contributed by atoms with E-state index in [0.29, 0.717) is 17.4 Å². The lowest BCUT2D eigenvalue weighted by Crippen LogP contribution is -2.39. The fourth-order valence-corrected chi connectivity index (χ4v) is 4.51. The summed E-state index contributed by atoms with van der Waals surface area (Å²) in [7, 11) is -3.44. The van der Waals surface area contributed by atoms with E-state index in [-0.39, 0.29) is 6.04 Å². The van der Waals surface area contributed by atoms with Crippen molar-refractivity contribution in [1.29, 1.82) is 0 Å². The van der Waals surface area contributed by atoms with Gasteiger partial charge in [0, 0.05) is 24.8 Å². The van der Waals surface area contributed by atoms with E-state index in [1.54, 1.807) is 16.4 Å². The average Bonchev–Trinajstić information content (AvgIpc) is 2.43. The number of sulfonamides is 1. The summed E-state index contributed by atoms with van der Waals surface area (Å²) >= 11 is 0. The smallest absolute Gasteiger partial charge is 0.243 e. The molecule has 21 heavy (non-hydrogen) atoms. The van der Waals surface area contributed by atoms with Crippen LogP contribution in [0.5, 0.6) is 0 Å². The largest absolute Gasteiger partial charge is 0.385 e. The summed E-state index contributed by atoms with van der Waals surface area (Å²) in [5.74, 6) is 0.304. The van der Waals surface area contributed by atoms with Crippen LogP contribution in [0.25, 0.3) is 0 Å². The van der Waals surface area contributed by atoms with E-state index < -0.39 is 10.0 Å². The monoisotopic (exact) mass is 310 g/mol. The first kappa shape index (κ1) is 16.3. The molecule has 5 heteroatoms. The normalized spacial score (nSPS) is 15.4. The minimum atomic E-state index is -3.44. The van der Waals surface area contributed by atoms with Crippen molar-refractivity contribution in [3.05, 3.63) is 23.8 Å². The van der Waals surface area contributed by atoms with Crippen molar-refractivity contribution in [2.75, 3.05) is 18.4 Å². The first-order chi connectivity index (χ1) is 9.82. The molecule has 0 saturated carbocycles. The highest BCUT2D eigenvalue weighted by atomic mass is 32.2. The zero-order chi connectivity index (χ0) is 15.6. The van der Waals surface area contributed by atoms with Gasteiger partial charge in [-0.1, -0.05) is 19.9 Å². The quantitative estimate of drug-likeness (QED) is 0.909. The molecule has 0 radical (unpaired) electrons. The van der Waals surface area contributed by atoms with Crippen LogP contribution in [0.15, 0.2) is 23.1 Å².